The van der Waals surface area contributed by atoms with E-state index in [-0.39, 0.29) is 11.7 Å². The number of benzene rings is 2. The van der Waals surface area contributed by atoms with Crippen molar-refractivity contribution in [2.45, 2.75) is 11.4 Å². The number of anilines is 1. The lowest BCUT2D eigenvalue weighted by Gasteiger charge is -2.07. The fourth-order valence-electron chi connectivity index (χ4n) is 1.77. The Morgan fingerprint density at radius 2 is 1.90 bits per heavy atom. The monoisotopic (exact) mass is 366 g/mol. The van der Waals surface area contributed by atoms with Crippen molar-refractivity contribution in [2.75, 3.05) is 11.5 Å². The Morgan fingerprint density at radius 1 is 1.19 bits per heavy atom. The molecule has 110 valence electrons. The summed E-state index contributed by atoms with van der Waals surface area (Å²) in [5.41, 5.74) is 7.22. The normalized spacial score (nSPS) is 11.9. The highest BCUT2D eigenvalue weighted by atomic mass is 79.9. The molecule has 0 spiro atoms. The molecule has 0 aliphatic heterocycles. The van der Waals surface area contributed by atoms with Crippen LogP contribution in [0.3, 0.4) is 0 Å². The lowest BCUT2D eigenvalue weighted by Crippen LogP contribution is -2.28. The van der Waals surface area contributed by atoms with Crippen LogP contribution in [0.2, 0.25) is 0 Å². The van der Waals surface area contributed by atoms with E-state index in [1.807, 2.05) is 30.3 Å². The van der Waals surface area contributed by atoms with Crippen LogP contribution in [0.5, 0.6) is 0 Å². The van der Waals surface area contributed by atoms with Crippen molar-refractivity contribution in [3.8, 4) is 0 Å². The molecule has 21 heavy (non-hydrogen) atoms. The Morgan fingerprint density at radius 3 is 2.57 bits per heavy atom. The predicted molar refractivity (Wildman–Crippen MR) is 88.1 cm³/mol. The molecule has 0 saturated heterocycles. The van der Waals surface area contributed by atoms with Gasteiger partial charge < -0.3 is 11.1 Å². The third-order valence-corrected chi connectivity index (χ3v) is 4.69. The number of nitrogen functional groups attached to an aromatic ring is 1. The second kappa shape index (κ2) is 7.38. The molecular formula is C15H15BrN2O2S. The largest absolute Gasteiger partial charge is 0.398 e. The number of hydrogen-bond acceptors (Lipinski definition) is 3. The first-order valence-electron chi connectivity index (χ1n) is 6.30. The fraction of sp³-hybridized carbons (Fsp3) is 0.133. The maximum Gasteiger partial charge on any atom is 0.233 e. The molecule has 2 rings (SSSR count). The van der Waals surface area contributed by atoms with Crippen LogP contribution in [-0.4, -0.2) is 15.9 Å². The van der Waals surface area contributed by atoms with Gasteiger partial charge in [0.1, 0.15) is 5.75 Å². The van der Waals surface area contributed by atoms with Gasteiger partial charge >= 0.3 is 0 Å². The quantitative estimate of drug-likeness (QED) is 0.798. The first kappa shape index (κ1) is 15.7. The topological polar surface area (TPSA) is 72.2 Å². The molecule has 6 heteroatoms. The van der Waals surface area contributed by atoms with Gasteiger partial charge in [0.05, 0.1) is 15.7 Å². The minimum atomic E-state index is -1.45. The van der Waals surface area contributed by atoms with Crippen molar-refractivity contribution in [3.05, 3.63) is 58.6 Å². The Labute approximate surface area is 134 Å². The Kier molecular flexibility index (Phi) is 5.52. The van der Waals surface area contributed by atoms with E-state index in [0.29, 0.717) is 17.1 Å². The van der Waals surface area contributed by atoms with Gasteiger partial charge in [-0.05, 0) is 23.8 Å². The molecule has 1 unspecified atom stereocenters. The van der Waals surface area contributed by atoms with Crippen LogP contribution in [0.15, 0.2) is 57.9 Å². The summed E-state index contributed by atoms with van der Waals surface area (Å²) in [6, 6.07) is 14.7. The van der Waals surface area contributed by atoms with E-state index in [4.69, 9.17) is 5.73 Å². The van der Waals surface area contributed by atoms with Gasteiger partial charge in [-0.1, -0.05) is 46.3 Å². The minimum absolute atomic E-state index is 0.0985. The van der Waals surface area contributed by atoms with Crippen molar-refractivity contribution >= 4 is 38.3 Å². The lowest BCUT2D eigenvalue weighted by atomic mass is 10.2. The molecule has 0 aliphatic rings. The van der Waals surface area contributed by atoms with Gasteiger partial charge in [-0.3, -0.25) is 9.00 Å². The van der Waals surface area contributed by atoms with Gasteiger partial charge in [-0.15, -0.1) is 0 Å². The van der Waals surface area contributed by atoms with Gasteiger partial charge in [0, 0.05) is 16.7 Å². The van der Waals surface area contributed by atoms with Crippen molar-refractivity contribution in [1.29, 1.82) is 0 Å². The lowest BCUT2D eigenvalue weighted by molar-refractivity contribution is -0.118. The molecule has 0 fully saturated rings. The number of carbonyl (C=O) groups excluding carboxylic acids is 1. The van der Waals surface area contributed by atoms with E-state index >= 15 is 0 Å². The molecule has 0 bridgehead atoms. The number of halogens is 1. The van der Waals surface area contributed by atoms with E-state index in [2.05, 4.69) is 21.2 Å². The number of hydrogen-bond donors (Lipinski definition) is 2. The number of amides is 1. The van der Waals surface area contributed by atoms with Crippen molar-refractivity contribution in [1.82, 2.24) is 5.32 Å². The van der Waals surface area contributed by atoms with Crippen molar-refractivity contribution in [3.63, 3.8) is 0 Å². The van der Waals surface area contributed by atoms with Crippen LogP contribution >= 0.6 is 15.9 Å². The molecule has 1 amide bonds. The number of nitrogens with one attached hydrogen (secondary N) is 1. The number of rotatable bonds is 5. The molecule has 1 atom stereocenters. The Hall–Kier alpha value is -1.66. The predicted octanol–water partition coefficient (Wildman–Crippen LogP) is 2.46. The molecule has 0 aliphatic carbocycles. The van der Waals surface area contributed by atoms with Gasteiger partial charge in [0.15, 0.2) is 0 Å². The fourth-order valence-corrected chi connectivity index (χ4v) is 3.19. The molecule has 2 aromatic rings. The van der Waals surface area contributed by atoms with Crippen LogP contribution in [0.4, 0.5) is 5.69 Å². The van der Waals surface area contributed by atoms with Crippen molar-refractivity contribution in [2.24, 2.45) is 0 Å². The van der Waals surface area contributed by atoms with E-state index in [9.17, 15) is 9.00 Å². The van der Waals surface area contributed by atoms with E-state index < -0.39 is 10.8 Å². The Bertz CT molecular complexity index is 662. The smallest absolute Gasteiger partial charge is 0.233 e. The maximum absolute atomic E-state index is 12.2. The van der Waals surface area contributed by atoms with Crippen LogP contribution < -0.4 is 11.1 Å². The summed E-state index contributed by atoms with van der Waals surface area (Å²) in [6.45, 7) is 0.423. The zero-order valence-corrected chi connectivity index (χ0v) is 13.6. The second-order valence-electron chi connectivity index (χ2n) is 4.43. The van der Waals surface area contributed by atoms with Gasteiger partial charge in [0.25, 0.3) is 0 Å². The molecular weight excluding hydrogens is 352 g/mol. The highest BCUT2D eigenvalue weighted by Crippen LogP contribution is 2.21. The molecule has 4 nitrogen and oxygen atoms in total. The van der Waals surface area contributed by atoms with Crippen LogP contribution in [0.25, 0.3) is 0 Å². The van der Waals surface area contributed by atoms with E-state index in [1.165, 1.54) is 0 Å². The standard InChI is InChI=1S/C15H15BrN2O2S/c16-12-6-7-14(13(17)8-12)21(20)10-15(19)18-9-11-4-2-1-3-5-11/h1-8H,9-10,17H2,(H,18,19). The zero-order chi connectivity index (χ0) is 15.2. The van der Waals surface area contributed by atoms with Crippen LogP contribution in [0, 0.1) is 0 Å². The molecule has 2 aromatic carbocycles. The van der Waals surface area contributed by atoms with Gasteiger partial charge in [-0.25, -0.2) is 0 Å². The summed E-state index contributed by atoms with van der Waals surface area (Å²) in [5.74, 6) is -0.363. The first-order valence-corrected chi connectivity index (χ1v) is 8.41. The average molecular weight is 367 g/mol. The van der Waals surface area contributed by atoms with Gasteiger partial charge in [-0.2, -0.15) is 0 Å². The summed E-state index contributed by atoms with van der Waals surface area (Å²) >= 11 is 3.29. The molecule has 0 aromatic heterocycles. The Balaban J connectivity index is 1.91. The summed E-state index contributed by atoms with van der Waals surface area (Å²) in [5, 5.41) is 2.75. The SMILES string of the molecule is Nc1cc(Br)ccc1S(=O)CC(=O)NCc1ccccc1. The third-order valence-electron chi connectivity index (χ3n) is 2.81. The average Bonchev–Trinajstić information content (AvgIpc) is 2.46. The number of carbonyl (C=O) groups is 1. The molecule has 0 saturated carbocycles. The molecule has 3 N–H and O–H groups in total. The summed E-state index contributed by atoms with van der Waals surface area (Å²) in [7, 11) is -1.45. The summed E-state index contributed by atoms with van der Waals surface area (Å²) in [6.07, 6.45) is 0. The molecule has 0 heterocycles. The van der Waals surface area contributed by atoms with E-state index in [0.717, 1.165) is 10.0 Å². The van der Waals surface area contributed by atoms with Gasteiger partial charge in [0.2, 0.25) is 5.91 Å². The number of nitrogens with two attached hydrogens (primary N) is 1. The maximum atomic E-state index is 12.2. The minimum Gasteiger partial charge on any atom is -0.398 e. The highest BCUT2D eigenvalue weighted by Gasteiger charge is 2.13. The zero-order valence-electron chi connectivity index (χ0n) is 11.2. The second-order valence-corrected chi connectivity index (χ2v) is 6.77. The summed E-state index contributed by atoms with van der Waals surface area (Å²) < 4.78 is 13.0. The first-order chi connectivity index (χ1) is 10.1. The van der Waals surface area contributed by atoms with Crippen molar-refractivity contribution < 1.29 is 9.00 Å². The summed E-state index contributed by atoms with van der Waals surface area (Å²) in [4.78, 5) is 12.3. The third kappa shape index (κ3) is 4.68. The van der Waals surface area contributed by atoms with Crippen LogP contribution in [-0.2, 0) is 22.1 Å². The molecule has 0 radical (unpaired) electrons. The highest BCUT2D eigenvalue weighted by molar-refractivity contribution is 9.10. The van der Waals surface area contributed by atoms with E-state index in [1.54, 1.807) is 18.2 Å². The van der Waals surface area contributed by atoms with Crippen LogP contribution in [0.1, 0.15) is 5.56 Å².